The standard InChI is InChI=1S/C18H20ClN3O3S.ClH/c1-26(24,25)21-16-7-5-13(6-8-16)18(23)22-10-9-20-12-17(22)14-3-2-4-15(19)11-14;/h2-8,11,17,20-21H,9-10,12H2,1H3;1H. The summed E-state index contributed by atoms with van der Waals surface area (Å²) >= 11 is 6.10. The number of piperazine rings is 1. The third-order valence-electron chi connectivity index (χ3n) is 4.17. The summed E-state index contributed by atoms with van der Waals surface area (Å²) in [5.74, 6) is -0.0950. The van der Waals surface area contributed by atoms with Crippen molar-refractivity contribution in [2.75, 3.05) is 30.6 Å². The van der Waals surface area contributed by atoms with Gasteiger partial charge in [-0.3, -0.25) is 9.52 Å². The molecule has 27 heavy (non-hydrogen) atoms. The first-order valence-corrected chi connectivity index (χ1v) is 10.5. The second-order valence-electron chi connectivity index (χ2n) is 6.23. The van der Waals surface area contributed by atoms with Gasteiger partial charge in [-0.1, -0.05) is 23.7 Å². The maximum absolute atomic E-state index is 13.0. The first-order valence-electron chi connectivity index (χ1n) is 8.18. The van der Waals surface area contributed by atoms with Gasteiger partial charge >= 0.3 is 0 Å². The fourth-order valence-electron chi connectivity index (χ4n) is 3.02. The van der Waals surface area contributed by atoms with E-state index in [0.29, 0.717) is 29.4 Å². The van der Waals surface area contributed by atoms with Gasteiger partial charge in [0.05, 0.1) is 12.3 Å². The van der Waals surface area contributed by atoms with Gasteiger partial charge in [-0.25, -0.2) is 8.42 Å². The molecule has 0 radical (unpaired) electrons. The number of amides is 1. The van der Waals surface area contributed by atoms with Gasteiger partial charge in [0.15, 0.2) is 0 Å². The zero-order valence-corrected chi connectivity index (χ0v) is 17.1. The molecule has 0 aliphatic carbocycles. The van der Waals surface area contributed by atoms with Crippen molar-refractivity contribution in [3.05, 3.63) is 64.7 Å². The van der Waals surface area contributed by atoms with Crippen molar-refractivity contribution in [1.29, 1.82) is 0 Å². The lowest BCUT2D eigenvalue weighted by atomic mass is 10.0. The molecule has 2 aromatic carbocycles. The molecule has 146 valence electrons. The molecule has 3 rings (SSSR count). The summed E-state index contributed by atoms with van der Waals surface area (Å²) in [6.45, 7) is 1.95. The van der Waals surface area contributed by atoms with Gasteiger partial charge in [0.25, 0.3) is 5.91 Å². The zero-order chi connectivity index (χ0) is 18.7. The number of halogens is 2. The van der Waals surface area contributed by atoms with Gasteiger partial charge in [0.2, 0.25) is 10.0 Å². The molecule has 0 bridgehead atoms. The van der Waals surface area contributed by atoms with Crippen LogP contribution in [-0.2, 0) is 10.0 Å². The van der Waals surface area contributed by atoms with Crippen molar-refractivity contribution in [3.63, 3.8) is 0 Å². The molecule has 1 unspecified atom stereocenters. The fraction of sp³-hybridized carbons (Fsp3) is 0.278. The Morgan fingerprint density at radius 3 is 2.56 bits per heavy atom. The molecule has 0 spiro atoms. The van der Waals surface area contributed by atoms with Crippen LogP contribution in [0.3, 0.4) is 0 Å². The van der Waals surface area contributed by atoms with E-state index in [-0.39, 0.29) is 24.4 Å². The van der Waals surface area contributed by atoms with Crippen LogP contribution in [0.2, 0.25) is 5.02 Å². The van der Waals surface area contributed by atoms with E-state index in [9.17, 15) is 13.2 Å². The minimum absolute atomic E-state index is 0. The molecule has 1 saturated heterocycles. The number of carbonyl (C=O) groups is 1. The summed E-state index contributed by atoms with van der Waals surface area (Å²) in [6, 6.07) is 13.8. The second kappa shape index (κ2) is 8.93. The van der Waals surface area contributed by atoms with Crippen LogP contribution >= 0.6 is 24.0 Å². The average Bonchev–Trinajstić information content (AvgIpc) is 2.60. The van der Waals surface area contributed by atoms with Crippen LogP contribution in [0, 0.1) is 0 Å². The van der Waals surface area contributed by atoms with Crippen molar-refractivity contribution in [2.24, 2.45) is 0 Å². The summed E-state index contributed by atoms with van der Waals surface area (Å²) in [4.78, 5) is 14.8. The Morgan fingerprint density at radius 2 is 1.93 bits per heavy atom. The topological polar surface area (TPSA) is 78.5 Å². The number of nitrogens with zero attached hydrogens (tertiary/aromatic N) is 1. The molecule has 6 nitrogen and oxygen atoms in total. The molecule has 2 aromatic rings. The van der Waals surface area contributed by atoms with Crippen molar-refractivity contribution in [3.8, 4) is 0 Å². The molecular weight excluding hydrogens is 409 g/mol. The van der Waals surface area contributed by atoms with Gasteiger partial charge in [0, 0.05) is 35.9 Å². The van der Waals surface area contributed by atoms with Gasteiger partial charge in [-0.2, -0.15) is 0 Å². The molecule has 9 heteroatoms. The lowest BCUT2D eigenvalue weighted by Crippen LogP contribution is -2.48. The Bertz CT molecular complexity index is 904. The number of hydrogen-bond acceptors (Lipinski definition) is 4. The normalized spacial score (nSPS) is 17.1. The summed E-state index contributed by atoms with van der Waals surface area (Å²) < 4.78 is 25.0. The highest BCUT2D eigenvalue weighted by Gasteiger charge is 2.28. The average molecular weight is 430 g/mol. The molecule has 1 heterocycles. The summed E-state index contributed by atoms with van der Waals surface area (Å²) in [6.07, 6.45) is 1.09. The highest BCUT2D eigenvalue weighted by atomic mass is 35.5. The Labute approximate surface area is 170 Å². The van der Waals surface area contributed by atoms with Gasteiger partial charge in [-0.15, -0.1) is 12.4 Å². The third-order valence-corrected chi connectivity index (χ3v) is 5.01. The monoisotopic (exact) mass is 429 g/mol. The molecule has 1 atom stereocenters. The fourth-order valence-corrected chi connectivity index (χ4v) is 3.78. The van der Waals surface area contributed by atoms with E-state index in [2.05, 4.69) is 10.0 Å². The van der Waals surface area contributed by atoms with Crippen LogP contribution in [0.5, 0.6) is 0 Å². The minimum Gasteiger partial charge on any atom is -0.329 e. The SMILES string of the molecule is CS(=O)(=O)Nc1ccc(C(=O)N2CCNCC2c2cccc(Cl)c2)cc1.Cl. The van der Waals surface area contributed by atoms with E-state index in [1.807, 2.05) is 23.1 Å². The van der Waals surface area contributed by atoms with Crippen molar-refractivity contribution >= 4 is 45.6 Å². The molecule has 0 aromatic heterocycles. The van der Waals surface area contributed by atoms with Gasteiger partial charge in [0.1, 0.15) is 0 Å². The summed E-state index contributed by atoms with van der Waals surface area (Å²) in [5.41, 5.74) is 1.92. The summed E-state index contributed by atoms with van der Waals surface area (Å²) in [5, 5.41) is 3.95. The van der Waals surface area contributed by atoms with Gasteiger partial charge < -0.3 is 10.2 Å². The predicted octanol–water partition coefficient (Wildman–Crippen LogP) is 2.92. The predicted molar refractivity (Wildman–Crippen MR) is 110 cm³/mol. The number of nitrogens with one attached hydrogen (secondary N) is 2. The molecular formula is C18H21Cl2N3O3S. The molecule has 1 fully saturated rings. The highest BCUT2D eigenvalue weighted by Crippen LogP contribution is 2.26. The Morgan fingerprint density at radius 1 is 1.22 bits per heavy atom. The van der Waals surface area contributed by atoms with E-state index < -0.39 is 10.0 Å². The largest absolute Gasteiger partial charge is 0.329 e. The quantitative estimate of drug-likeness (QED) is 0.782. The van der Waals surface area contributed by atoms with Crippen molar-refractivity contribution in [1.82, 2.24) is 10.2 Å². The Kier molecular flexibility index (Phi) is 7.11. The van der Waals surface area contributed by atoms with Crippen LogP contribution < -0.4 is 10.0 Å². The lowest BCUT2D eigenvalue weighted by molar-refractivity contribution is 0.0634. The number of hydrogen-bond donors (Lipinski definition) is 2. The Hall–Kier alpha value is -1.80. The van der Waals surface area contributed by atoms with Crippen LogP contribution in [-0.4, -0.2) is 45.1 Å². The van der Waals surface area contributed by atoms with E-state index >= 15 is 0 Å². The second-order valence-corrected chi connectivity index (χ2v) is 8.41. The van der Waals surface area contributed by atoms with E-state index in [4.69, 9.17) is 11.6 Å². The number of rotatable bonds is 4. The smallest absolute Gasteiger partial charge is 0.254 e. The molecule has 1 aliphatic heterocycles. The lowest BCUT2D eigenvalue weighted by Gasteiger charge is -2.36. The minimum atomic E-state index is -3.35. The van der Waals surface area contributed by atoms with Crippen molar-refractivity contribution < 1.29 is 13.2 Å². The molecule has 1 amide bonds. The van der Waals surface area contributed by atoms with E-state index in [0.717, 1.165) is 18.4 Å². The highest BCUT2D eigenvalue weighted by molar-refractivity contribution is 7.92. The third kappa shape index (κ3) is 5.59. The number of benzene rings is 2. The number of sulfonamides is 1. The number of carbonyl (C=O) groups excluding carboxylic acids is 1. The maximum atomic E-state index is 13.0. The Balaban J connectivity index is 0.00000261. The van der Waals surface area contributed by atoms with Crippen LogP contribution in [0.25, 0.3) is 0 Å². The zero-order valence-electron chi connectivity index (χ0n) is 14.7. The molecule has 2 N–H and O–H groups in total. The number of anilines is 1. The van der Waals surface area contributed by atoms with E-state index in [1.165, 1.54) is 0 Å². The summed E-state index contributed by atoms with van der Waals surface area (Å²) in [7, 11) is -3.35. The van der Waals surface area contributed by atoms with Gasteiger partial charge in [-0.05, 0) is 42.0 Å². The van der Waals surface area contributed by atoms with Crippen LogP contribution in [0.1, 0.15) is 22.0 Å². The van der Waals surface area contributed by atoms with E-state index in [1.54, 1.807) is 30.3 Å². The molecule has 1 aliphatic rings. The van der Waals surface area contributed by atoms with Crippen LogP contribution in [0.4, 0.5) is 5.69 Å². The van der Waals surface area contributed by atoms with Crippen molar-refractivity contribution in [2.45, 2.75) is 6.04 Å². The first kappa shape index (κ1) is 21.5. The van der Waals surface area contributed by atoms with Crippen LogP contribution in [0.15, 0.2) is 48.5 Å². The molecule has 0 saturated carbocycles. The maximum Gasteiger partial charge on any atom is 0.254 e. The first-order chi connectivity index (χ1) is 12.3.